The highest BCUT2D eigenvalue weighted by molar-refractivity contribution is 5.91. The van der Waals surface area contributed by atoms with Crippen LogP contribution in [0.25, 0.3) is 0 Å². The zero-order chi connectivity index (χ0) is 58.7. The quantitative estimate of drug-likeness (QED) is 0.0558. The molecule has 83 heavy (non-hydrogen) atoms. The molecule has 6 fully saturated rings. The highest BCUT2D eigenvalue weighted by Crippen LogP contribution is 2.76. The minimum atomic E-state index is -1.61. The van der Waals surface area contributed by atoms with Gasteiger partial charge in [-0.3, -0.25) is 4.79 Å². The maximum atomic E-state index is 14.7. The Morgan fingerprint density at radius 2 is 1.14 bits per heavy atom. The molecule has 2 aliphatic heterocycles. The molecule has 0 bridgehead atoms. The van der Waals surface area contributed by atoms with Gasteiger partial charge in [-0.1, -0.05) is 145 Å². The standard InChI is InChI=1S/C69H84O14/c1-42-54(80-58(72)44-23-15-10-16-24-44)56(81-59(73)45-25-17-11-18-26-45)57(82-60(74)46-27-19-12-20-28-46)62(78-42)83-55-53(71)49(70)41-76-61(55)79-52-32-33-66(6)50(65(52,4)5)31-34-68(8)51(66)30-29-47-48-39-64(2,3)35-37-69(48,38-36-67(47,68)7)63(75)77-40-43-21-13-9-14-22-43/h9-29,42,48-57,61-62,70-71H,30-41H2,1-8H3/t42-,48-,49-,50-,51+,52-,53-,54-,55+,56+,57+,61-,62-,66-,67+,68+,69-/m0/s1. The number of rotatable bonds is 13. The third-order valence-corrected chi connectivity index (χ3v) is 21.7. The van der Waals surface area contributed by atoms with Crippen LogP contribution in [0.3, 0.4) is 0 Å². The molecule has 2 saturated heterocycles. The summed E-state index contributed by atoms with van der Waals surface area (Å²) in [5, 5.41) is 23.3. The van der Waals surface area contributed by atoms with Crippen molar-refractivity contribution in [3.8, 4) is 0 Å². The second-order valence-corrected chi connectivity index (χ2v) is 27.2. The van der Waals surface area contributed by atoms with Crippen LogP contribution in [0.2, 0.25) is 0 Å². The molecule has 0 unspecified atom stereocenters. The van der Waals surface area contributed by atoms with Gasteiger partial charge in [0.25, 0.3) is 0 Å². The largest absolute Gasteiger partial charge is 0.460 e. The van der Waals surface area contributed by atoms with Crippen molar-refractivity contribution >= 4 is 23.9 Å². The van der Waals surface area contributed by atoms with Crippen molar-refractivity contribution < 1.29 is 67.3 Å². The van der Waals surface area contributed by atoms with Gasteiger partial charge in [-0.05, 0) is 158 Å². The fraction of sp³-hybridized carbons (Fsp3) is 0.565. The SMILES string of the molecule is C[C@@H]1O[C@@H](O[C@H]2[C@H](O[C@H]3CC[C@]4(C)[C@H]5CC=C6[C@@H]7CC(C)(C)CC[C@]7(C(=O)OCc7ccccc7)CC[C@@]6(C)[C@]5(C)CC[C@H]4C3(C)C)OC[C@H](O)[C@@H]2O)[C@H](OC(=O)c2ccccc2)[C@H](OC(=O)c2ccccc2)[C@H]1OC(=O)c1ccccc1. The van der Waals surface area contributed by atoms with Gasteiger partial charge < -0.3 is 48.1 Å². The number of fused-ring (bicyclic) bond motifs is 7. The van der Waals surface area contributed by atoms with E-state index in [-0.39, 0.29) is 75.5 Å². The number of esters is 4. The summed E-state index contributed by atoms with van der Waals surface area (Å²) in [7, 11) is 0. The van der Waals surface area contributed by atoms with Crippen LogP contribution >= 0.6 is 0 Å². The Kier molecular flexibility index (Phi) is 16.3. The molecular formula is C69H84O14. The van der Waals surface area contributed by atoms with Gasteiger partial charge in [0.05, 0.1) is 40.9 Å². The normalized spacial score (nSPS) is 37.8. The summed E-state index contributed by atoms with van der Waals surface area (Å²) in [5.74, 6) is -1.68. The first kappa shape index (κ1) is 59.0. The van der Waals surface area contributed by atoms with Crippen molar-refractivity contribution in [2.45, 2.75) is 188 Å². The second-order valence-electron chi connectivity index (χ2n) is 27.2. The van der Waals surface area contributed by atoms with Crippen LogP contribution in [0, 0.1) is 50.2 Å². The lowest BCUT2D eigenvalue weighted by atomic mass is 9.33. The molecule has 4 saturated carbocycles. The number of benzene rings is 4. The van der Waals surface area contributed by atoms with Gasteiger partial charge in [0.2, 0.25) is 0 Å². The maximum absolute atomic E-state index is 14.7. The van der Waals surface area contributed by atoms with Crippen molar-refractivity contribution in [3.05, 3.63) is 155 Å². The average molecular weight is 1140 g/mol. The zero-order valence-corrected chi connectivity index (χ0v) is 49.4. The smallest absolute Gasteiger partial charge is 0.338 e. The predicted octanol–water partition coefficient (Wildman–Crippen LogP) is 11.8. The topological polar surface area (TPSA) is 183 Å². The molecule has 7 aliphatic rings. The minimum absolute atomic E-state index is 0.0384. The lowest BCUT2D eigenvalue weighted by Gasteiger charge is -2.71. The lowest BCUT2D eigenvalue weighted by molar-refractivity contribution is -0.363. The summed E-state index contributed by atoms with van der Waals surface area (Å²) in [6.07, 6.45) is -1.54. The summed E-state index contributed by atoms with van der Waals surface area (Å²) in [5.41, 5.74) is 1.97. The first-order valence-electron chi connectivity index (χ1n) is 30.2. The van der Waals surface area contributed by atoms with Gasteiger partial charge in [-0.25, -0.2) is 14.4 Å². The first-order chi connectivity index (χ1) is 39.6. The Labute approximate surface area is 488 Å². The van der Waals surface area contributed by atoms with E-state index >= 15 is 0 Å². The van der Waals surface area contributed by atoms with Gasteiger partial charge in [-0.15, -0.1) is 0 Å². The van der Waals surface area contributed by atoms with E-state index in [1.54, 1.807) is 97.9 Å². The second kappa shape index (κ2) is 22.9. The van der Waals surface area contributed by atoms with Crippen LogP contribution in [0.5, 0.6) is 0 Å². The lowest BCUT2D eigenvalue weighted by Crippen LogP contribution is -2.66. The van der Waals surface area contributed by atoms with E-state index in [1.807, 2.05) is 30.3 Å². The van der Waals surface area contributed by atoms with E-state index in [0.717, 1.165) is 63.4 Å². The van der Waals surface area contributed by atoms with Gasteiger partial charge in [-0.2, -0.15) is 0 Å². The minimum Gasteiger partial charge on any atom is -0.460 e. The molecule has 0 amide bonds. The van der Waals surface area contributed by atoms with E-state index in [9.17, 15) is 29.4 Å². The molecule has 4 aromatic carbocycles. The zero-order valence-electron chi connectivity index (χ0n) is 49.4. The first-order valence-corrected chi connectivity index (χ1v) is 30.2. The molecule has 11 rings (SSSR count). The molecule has 14 heteroatoms. The third-order valence-electron chi connectivity index (χ3n) is 21.7. The number of allylic oxidation sites excluding steroid dienone is 2. The van der Waals surface area contributed by atoms with Gasteiger partial charge in [0.15, 0.2) is 30.9 Å². The Morgan fingerprint density at radius 3 is 1.75 bits per heavy atom. The molecule has 14 nitrogen and oxygen atoms in total. The number of aliphatic hydroxyl groups is 2. The van der Waals surface area contributed by atoms with Gasteiger partial charge >= 0.3 is 23.9 Å². The van der Waals surface area contributed by atoms with Gasteiger partial charge in [0.1, 0.15) is 24.9 Å². The molecule has 0 radical (unpaired) electrons. The maximum Gasteiger partial charge on any atom is 0.338 e. The van der Waals surface area contributed by atoms with Crippen molar-refractivity contribution in [3.63, 3.8) is 0 Å². The monoisotopic (exact) mass is 1140 g/mol. The van der Waals surface area contributed by atoms with Crippen LogP contribution in [0.15, 0.2) is 133 Å². The summed E-state index contributed by atoms with van der Waals surface area (Å²) < 4.78 is 51.7. The number of carbonyl (C=O) groups excluding carboxylic acids is 4. The Hall–Kier alpha value is -5.74. The van der Waals surface area contributed by atoms with Crippen molar-refractivity contribution in [2.75, 3.05) is 6.61 Å². The summed E-state index contributed by atoms with van der Waals surface area (Å²) in [4.78, 5) is 56.7. The van der Waals surface area contributed by atoms with Crippen LogP contribution in [0.1, 0.15) is 156 Å². The summed E-state index contributed by atoms with van der Waals surface area (Å²) in [6.45, 7) is 18.5. The van der Waals surface area contributed by atoms with Crippen LogP contribution in [-0.2, 0) is 49.3 Å². The van der Waals surface area contributed by atoms with Crippen molar-refractivity contribution in [2.24, 2.45) is 50.2 Å². The fourth-order valence-electron chi connectivity index (χ4n) is 16.8. The molecule has 17 atom stereocenters. The van der Waals surface area contributed by atoms with Crippen molar-refractivity contribution in [1.29, 1.82) is 0 Å². The van der Waals surface area contributed by atoms with Gasteiger partial charge in [0, 0.05) is 0 Å². The van der Waals surface area contributed by atoms with E-state index in [1.165, 1.54) is 5.57 Å². The summed E-state index contributed by atoms with van der Waals surface area (Å²) >= 11 is 0. The van der Waals surface area contributed by atoms with Crippen LogP contribution in [0.4, 0.5) is 0 Å². The fourth-order valence-corrected chi connectivity index (χ4v) is 16.8. The van der Waals surface area contributed by atoms with E-state index in [4.69, 9.17) is 37.9 Å². The molecule has 4 aromatic rings. The Bertz CT molecular complexity index is 3000. The highest BCUT2D eigenvalue weighted by atomic mass is 16.8. The number of hydrogen-bond donors (Lipinski definition) is 2. The average Bonchev–Trinajstić information content (AvgIpc) is 0.857. The number of carbonyl (C=O) groups is 4. The van der Waals surface area contributed by atoms with Crippen molar-refractivity contribution in [1.82, 2.24) is 0 Å². The predicted molar refractivity (Wildman–Crippen MR) is 308 cm³/mol. The summed E-state index contributed by atoms with van der Waals surface area (Å²) in [6, 6.07) is 34.8. The number of hydrogen-bond acceptors (Lipinski definition) is 14. The molecule has 0 aromatic heterocycles. The third kappa shape index (κ3) is 10.8. The molecule has 5 aliphatic carbocycles. The van der Waals surface area contributed by atoms with Crippen LogP contribution < -0.4 is 0 Å². The van der Waals surface area contributed by atoms with E-state index < -0.39 is 84.0 Å². The Morgan fingerprint density at radius 1 is 0.590 bits per heavy atom. The van der Waals surface area contributed by atoms with E-state index in [0.29, 0.717) is 12.3 Å². The van der Waals surface area contributed by atoms with E-state index in [2.05, 4.69) is 54.5 Å². The molecule has 2 N–H and O–H groups in total. The molecular weight excluding hydrogens is 1050 g/mol. The molecule has 0 spiro atoms. The Balaban J connectivity index is 0.859. The number of ether oxygens (including phenoxy) is 8. The molecule has 444 valence electrons. The highest BCUT2D eigenvalue weighted by Gasteiger charge is 2.70. The molecule has 2 heterocycles. The van der Waals surface area contributed by atoms with Crippen LogP contribution in [-0.4, -0.2) is 102 Å². The number of aliphatic hydroxyl groups excluding tert-OH is 2.